The molecule has 5 rings (SSSR count). The molecule has 0 spiro atoms. The molecule has 1 aliphatic carbocycles. The topological polar surface area (TPSA) is 49.6 Å². The Morgan fingerprint density at radius 3 is 2.77 bits per heavy atom. The number of nitrogens with zero attached hydrogens (tertiary/aromatic N) is 3. The zero-order valence-corrected chi connectivity index (χ0v) is 18.3. The third kappa shape index (κ3) is 4.38. The number of likely N-dealkylation sites (tertiary alicyclic amines) is 1. The molecule has 0 saturated carbocycles. The van der Waals surface area contributed by atoms with E-state index in [1.165, 1.54) is 17.5 Å². The number of benzene rings is 1. The summed E-state index contributed by atoms with van der Waals surface area (Å²) in [7, 11) is 1.97. The zero-order chi connectivity index (χ0) is 21.2. The van der Waals surface area contributed by atoms with Gasteiger partial charge < -0.3 is 14.2 Å². The van der Waals surface area contributed by atoms with Crippen LogP contribution >= 0.6 is 0 Å². The number of aromatic nitrogens is 1. The summed E-state index contributed by atoms with van der Waals surface area (Å²) in [5.41, 5.74) is 5.93. The fourth-order valence-corrected chi connectivity index (χ4v) is 5.13. The molecule has 0 radical (unpaired) electrons. The molecule has 1 fully saturated rings. The van der Waals surface area contributed by atoms with Crippen LogP contribution in [0.3, 0.4) is 0 Å². The first-order valence-corrected chi connectivity index (χ1v) is 11.6. The van der Waals surface area contributed by atoms with E-state index in [9.17, 15) is 4.79 Å². The predicted octanol–water partition coefficient (Wildman–Crippen LogP) is 4.02. The Morgan fingerprint density at radius 2 is 2.00 bits per heavy atom. The number of likely N-dealkylation sites (N-methyl/N-ethyl adjacent to an activating group) is 1. The van der Waals surface area contributed by atoms with Gasteiger partial charge in [-0.05, 0) is 67.5 Å². The maximum absolute atomic E-state index is 13.0. The van der Waals surface area contributed by atoms with Crippen molar-refractivity contribution in [1.82, 2.24) is 14.8 Å². The van der Waals surface area contributed by atoms with Gasteiger partial charge in [0.15, 0.2) is 0 Å². The highest BCUT2D eigenvalue weighted by atomic mass is 16.3. The van der Waals surface area contributed by atoms with Crippen LogP contribution < -0.4 is 0 Å². The van der Waals surface area contributed by atoms with Crippen molar-refractivity contribution in [2.45, 2.75) is 51.0 Å². The highest BCUT2D eigenvalue weighted by Crippen LogP contribution is 2.31. The van der Waals surface area contributed by atoms with Crippen molar-refractivity contribution in [3.63, 3.8) is 0 Å². The van der Waals surface area contributed by atoms with E-state index in [2.05, 4.69) is 28.1 Å². The SMILES string of the molecule is CN(C(=O)Cc1coc2cc3c(cc12)CCC3)C1CCN(CCc2ccccn2)CC1. The summed E-state index contributed by atoms with van der Waals surface area (Å²) in [6.07, 6.45) is 10.6. The van der Waals surface area contributed by atoms with Crippen molar-refractivity contribution in [2.75, 3.05) is 26.7 Å². The van der Waals surface area contributed by atoms with Gasteiger partial charge in [0.2, 0.25) is 5.91 Å². The number of pyridine rings is 1. The minimum atomic E-state index is 0.190. The fraction of sp³-hybridized carbons (Fsp3) is 0.462. The average Bonchev–Trinajstić information content (AvgIpc) is 3.43. The number of aryl methyl sites for hydroxylation is 2. The van der Waals surface area contributed by atoms with E-state index in [0.717, 1.165) is 74.0 Å². The number of hydrogen-bond donors (Lipinski definition) is 0. The van der Waals surface area contributed by atoms with Crippen LogP contribution in [0.2, 0.25) is 0 Å². The van der Waals surface area contributed by atoms with Crippen molar-refractivity contribution in [3.8, 4) is 0 Å². The summed E-state index contributed by atoms with van der Waals surface area (Å²) in [4.78, 5) is 21.9. The van der Waals surface area contributed by atoms with Crippen LogP contribution in [-0.2, 0) is 30.5 Å². The number of furan rings is 1. The largest absolute Gasteiger partial charge is 0.464 e. The number of hydrogen-bond acceptors (Lipinski definition) is 4. The molecule has 1 saturated heterocycles. The Balaban J connectivity index is 1.15. The lowest BCUT2D eigenvalue weighted by Crippen LogP contribution is -2.46. The van der Waals surface area contributed by atoms with Crippen LogP contribution in [0.4, 0.5) is 0 Å². The van der Waals surface area contributed by atoms with Crippen molar-refractivity contribution < 1.29 is 9.21 Å². The van der Waals surface area contributed by atoms with Crippen molar-refractivity contribution >= 4 is 16.9 Å². The van der Waals surface area contributed by atoms with Crippen LogP contribution in [0.25, 0.3) is 11.0 Å². The standard InChI is InChI=1S/C26H31N3O2/c1-28(23-9-13-29(14-10-23)12-8-22-7-2-3-11-27-22)26(30)17-21-18-31-25-16-20-6-4-5-19(20)15-24(21)25/h2-3,7,11,15-16,18,23H,4-6,8-10,12-14,17H2,1H3. The van der Waals surface area contributed by atoms with E-state index in [-0.39, 0.29) is 5.91 Å². The fourth-order valence-electron chi connectivity index (χ4n) is 5.13. The van der Waals surface area contributed by atoms with E-state index >= 15 is 0 Å². The van der Waals surface area contributed by atoms with Crippen LogP contribution in [0, 0.1) is 0 Å². The Labute approximate surface area is 184 Å². The summed E-state index contributed by atoms with van der Waals surface area (Å²) in [5.74, 6) is 0.190. The molecule has 31 heavy (non-hydrogen) atoms. The molecule has 1 aliphatic heterocycles. The van der Waals surface area contributed by atoms with Crippen LogP contribution in [0.15, 0.2) is 47.2 Å². The normalized spacial score (nSPS) is 17.2. The van der Waals surface area contributed by atoms with Gasteiger partial charge in [-0.2, -0.15) is 0 Å². The number of amides is 1. The van der Waals surface area contributed by atoms with Gasteiger partial charge in [-0.25, -0.2) is 0 Å². The summed E-state index contributed by atoms with van der Waals surface area (Å²) in [6, 6.07) is 10.8. The first-order valence-electron chi connectivity index (χ1n) is 11.6. The summed E-state index contributed by atoms with van der Waals surface area (Å²) in [5, 5.41) is 1.12. The Bertz CT molecular complexity index is 1050. The van der Waals surface area contributed by atoms with Gasteiger partial charge >= 0.3 is 0 Å². The van der Waals surface area contributed by atoms with E-state index in [4.69, 9.17) is 4.42 Å². The van der Waals surface area contributed by atoms with Gasteiger partial charge in [-0.3, -0.25) is 9.78 Å². The Hall–Kier alpha value is -2.66. The first kappa shape index (κ1) is 20.3. The summed E-state index contributed by atoms with van der Waals surface area (Å²) in [6.45, 7) is 3.11. The van der Waals surface area contributed by atoms with Gasteiger partial charge in [0.1, 0.15) is 5.58 Å². The van der Waals surface area contributed by atoms with E-state index in [1.807, 2.05) is 30.3 Å². The second-order valence-electron chi connectivity index (χ2n) is 9.06. The molecule has 3 heterocycles. The molecular formula is C26H31N3O2. The first-order chi connectivity index (χ1) is 15.2. The molecular weight excluding hydrogens is 386 g/mol. The molecule has 2 aliphatic rings. The minimum Gasteiger partial charge on any atom is -0.464 e. The Morgan fingerprint density at radius 1 is 1.19 bits per heavy atom. The molecule has 3 aromatic rings. The number of fused-ring (bicyclic) bond motifs is 2. The monoisotopic (exact) mass is 417 g/mol. The second-order valence-corrected chi connectivity index (χ2v) is 9.06. The molecule has 5 nitrogen and oxygen atoms in total. The summed E-state index contributed by atoms with van der Waals surface area (Å²) < 4.78 is 5.80. The number of carbonyl (C=O) groups excluding carboxylic acids is 1. The van der Waals surface area contributed by atoms with E-state index in [1.54, 1.807) is 6.26 Å². The van der Waals surface area contributed by atoms with Gasteiger partial charge in [-0.1, -0.05) is 6.07 Å². The molecule has 1 aromatic carbocycles. The third-order valence-corrected chi connectivity index (χ3v) is 7.12. The lowest BCUT2D eigenvalue weighted by molar-refractivity contribution is -0.132. The third-order valence-electron chi connectivity index (χ3n) is 7.12. The number of carbonyl (C=O) groups is 1. The van der Waals surface area contributed by atoms with Gasteiger partial charge in [0.05, 0.1) is 12.7 Å². The molecule has 162 valence electrons. The minimum absolute atomic E-state index is 0.190. The number of piperidine rings is 1. The van der Waals surface area contributed by atoms with Gasteiger partial charge in [-0.15, -0.1) is 0 Å². The molecule has 0 N–H and O–H groups in total. The molecule has 2 aromatic heterocycles. The van der Waals surface area contributed by atoms with Crippen LogP contribution in [0.1, 0.15) is 41.6 Å². The lowest BCUT2D eigenvalue weighted by Gasteiger charge is -2.36. The lowest BCUT2D eigenvalue weighted by atomic mass is 10.0. The second kappa shape index (κ2) is 8.83. The Kier molecular flexibility index (Phi) is 5.77. The molecule has 1 amide bonds. The van der Waals surface area contributed by atoms with E-state index in [0.29, 0.717) is 12.5 Å². The van der Waals surface area contributed by atoms with E-state index < -0.39 is 0 Å². The van der Waals surface area contributed by atoms with Crippen molar-refractivity contribution in [3.05, 3.63) is 65.2 Å². The maximum Gasteiger partial charge on any atom is 0.227 e. The quantitative estimate of drug-likeness (QED) is 0.608. The van der Waals surface area contributed by atoms with Crippen LogP contribution in [0.5, 0.6) is 0 Å². The van der Waals surface area contributed by atoms with Crippen LogP contribution in [-0.4, -0.2) is 53.4 Å². The van der Waals surface area contributed by atoms with Gasteiger partial charge in [0, 0.05) is 62.0 Å². The molecule has 0 bridgehead atoms. The number of rotatable bonds is 6. The molecule has 0 atom stereocenters. The highest BCUT2D eigenvalue weighted by Gasteiger charge is 2.26. The predicted molar refractivity (Wildman–Crippen MR) is 122 cm³/mol. The molecule has 0 unspecified atom stereocenters. The summed E-state index contributed by atoms with van der Waals surface area (Å²) >= 11 is 0. The van der Waals surface area contributed by atoms with Crippen molar-refractivity contribution in [1.29, 1.82) is 0 Å². The van der Waals surface area contributed by atoms with Gasteiger partial charge in [0.25, 0.3) is 0 Å². The highest BCUT2D eigenvalue weighted by molar-refractivity contribution is 5.88. The zero-order valence-electron chi connectivity index (χ0n) is 18.3. The van der Waals surface area contributed by atoms with Crippen molar-refractivity contribution in [2.24, 2.45) is 0 Å². The molecule has 5 heteroatoms. The maximum atomic E-state index is 13.0. The smallest absolute Gasteiger partial charge is 0.227 e. The average molecular weight is 418 g/mol.